The van der Waals surface area contributed by atoms with Crippen LogP contribution >= 0.6 is 23.4 Å². The Balaban J connectivity index is 1.18. The molecule has 4 rings (SSSR count). The topological polar surface area (TPSA) is 49.4 Å². The van der Waals surface area contributed by atoms with Gasteiger partial charge < -0.3 is 10.2 Å². The van der Waals surface area contributed by atoms with E-state index in [0.29, 0.717) is 25.9 Å². The van der Waals surface area contributed by atoms with Gasteiger partial charge in [0.05, 0.1) is 5.69 Å². The maximum atomic E-state index is 12.7. The maximum absolute atomic E-state index is 12.7. The second-order valence-electron chi connectivity index (χ2n) is 7.27. The predicted molar refractivity (Wildman–Crippen MR) is 125 cm³/mol. The zero-order chi connectivity index (χ0) is 20.9. The molecule has 0 radical (unpaired) electrons. The zero-order valence-corrected chi connectivity index (χ0v) is 18.1. The van der Waals surface area contributed by atoms with E-state index in [1.807, 2.05) is 54.6 Å². The van der Waals surface area contributed by atoms with Crippen LogP contribution in [0, 0.1) is 0 Å². The summed E-state index contributed by atoms with van der Waals surface area (Å²) in [5, 5.41) is 5.81. The van der Waals surface area contributed by atoms with Gasteiger partial charge in [-0.1, -0.05) is 48.0 Å². The molecule has 30 heavy (non-hydrogen) atoms. The first-order valence-corrected chi connectivity index (χ1v) is 11.6. The highest BCUT2D eigenvalue weighted by molar-refractivity contribution is 7.98. The van der Waals surface area contributed by atoms with Crippen LogP contribution in [0.25, 0.3) is 10.8 Å². The molecule has 2 amide bonds. The molecule has 0 unspecified atom stereocenters. The fraction of sp³-hybridized carbons (Fsp3) is 0.250. The Bertz CT molecular complexity index is 1080. The van der Waals surface area contributed by atoms with Crippen molar-refractivity contribution in [3.05, 3.63) is 76.8 Å². The highest BCUT2D eigenvalue weighted by Crippen LogP contribution is 2.37. The lowest BCUT2D eigenvalue weighted by Gasteiger charge is -2.17. The summed E-state index contributed by atoms with van der Waals surface area (Å²) in [5.74, 6) is 1.78. The van der Waals surface area contributed by atoms with Crippen molar-refractivity contribution in [2.45, 2.75) is 18.6 Å². The quantitative estimate of drug-likeness (QED) is 0.462. The highest BCUT2D eigenvalue weighted by Gasteiger charge is 2.28. The Kier molecular flexibility index (Phi) is 6.60. The molecule has 0 saturated heterocycles. The standard InChI is InChI=1S/C24H23ClN2O2S/c25-19-8-1-5-17(15-19)16-30-14-12-26-22(28)11-4-13-27-21-10-3-7-18-6-2-9-20(23(18)21)24(27)29/h1-3,5-10,15H,4,11-14,16H2,(H,26,28). The zero-order valence-electron chi connectivity index (χ0n) is 16.6. The van der Waals surface area contributed by atoms with Crippen molar-refractivity contribution in [3.8, 4) is 0 Å². The van der Waals surface area contributed by atoms with Gasteiger partial charge in [0.1, 0.15) is 0 Å². The number of nitrogens with zero attached hydrogens (tertiary/aromatic N) is 1. The van der Waals surface area contributed by atoms with E-state index in [0.717, 1.165) is 38.6 Å². The monoisotopic (exact) mass is 438 g/mol. The molecular weight excluding hydrogens is 416 g/mol. The Hall–Kier alpha value is -2.50. The van der Waals surface area contributed by atoms with Gasteiger partial charge in [0.2, 0.25) is 5.91 Å². The summed E-state index contributed by atoms with van der Waals surface area (Å²) in [5.41, 5.74) is 2.89. The molecule has 3 aromatic carbocycles. The van der Waals surface area contributed by atoms with Crippen LogP contribution in [-0.4, -0.2) is 30.7 Å². The average molecular weight is 439 g/mol. The third kappa shape index (κ3) is 4.63. The van der Waals surface area contributed by atoms with E-state index < -0.39 is 0 Å². The van der Waals surface area contributed by atoms with Gasteiger partial charge in [0.15, 0.2) is 0 Å². The summed E-state index contributed by atoms with van der Waals surface area (Å²) in [6, 6.07) is 19.6. The summed E-state index contributed by atoms with van der Waals surface area (Å²) in [4.78, 5) is 26.7. The third-order valence-corrected chi connectivity index (χ3v) is 6.43. The van der Waals surface area contributed by atoms with Crippen molar-refractivity contribution >= 4 is 51.6 Å². The van der Waals surface area contributed by atoms with E-state index in [4.69, 9.17) is 11.6 Å². The van der Waals surface area contributed by atoms with Crippen molar-refractivity contribution in [1.82, 2.24) is 5.32 Å². The molecule has 154 valence electrons. The van der Waals surface area contributed by atoms with E-state index in [-0.39, 0.29) is 11.8 Å². The van der Waals surface area contributed by atoms with Crippen molar-refractivity contribution in [2.75, 3.05) is 23.7 Å². The number of thioether (sulfide) groups is 1. The van der Waals surface area contributed by atoms with Gasteiger partial charge in [-0.25, -0.2) is 0 Å². The Labute approximate surface area is 185 Å². The second-order valence-corrected chi connectivity index (χ2v) is 8.82. The minimum atomic E-state index is 0.0274. The Morgan fingerprint density at radius 3 is 2.70 bits per heavy atom. The number of halogens is 1. The molecule has 6 heteroatoms. The van der Waals surface area contributed by atoms with Gasteiger partial charge >= 0.3 is 0 Å². The highest BCUT2D eigenvalue weighted by atomic mass is 35.5. The van der Waals surface area contributed by atoms with E-state index in [2.05, 4.69) is 11.4 Å². The lowest BCUT2D eigenvalue weighted by molar-refractivity contribution is -0.121. The number of rotatable bonds is 9. The molecular formula is C24H23ClN2O2S. The number of benzene rings is 3. The van der Waals surface area contributed by atoms with Crippen LogP contribution in [0.2, 0.25) is 5.02 Å². The number of hydrogen-bond donors (Lipinski definition) is 1. The number of anilines is 1. The van der Waals surface area contributed by atoms with Crippen molar-refractivity contribution in [2.24, 2.45) is 0 Å². The van der Waals surface area contributed by atoms with Crippen LogP contribution in [0.1, 0.15) is 28.8 Å². The molecule has 1 heterocycles. The van der Waals surface area contributed by atoms with Crippen molar-refractivity contribution in [3.63, 3.8) is 0 Å². The summed E-state index contributed by atoms with van der Waals surface area (Å²) in [7, 11) is 0. The molecule has 1 aliphatic heterocycles. The minimum Gasteiger partial charge on any atom is -0.355 e. The summed E-state index contributed by atoms with van der Waals surface area (Å²) < 4.78 is 0. The van der Waals surface area contributed by atoms with Crippen LogP contribution in [0.3, 0.4) is 0 Å². The van der Waals surface area contributed by atoms with Gasteiger partial charge in [-0.05, 0) is 41.6 Å². The molecule has 0 bridgehead atoms. The number of hydrogen-bond acceptors (Lipinski definition) is 3. The molecule has 0 aromatic heterocycles. The fourth-order valence-electron chi connectivity index (χ4n) is 3.77. The van der Waals surface area contributed by atoms with Crippen LogP contribution < -0.4 is 10.2 Å². The molecule has 3 aromatic rings. The van der Waals surface area contributed by atoms with E-state index in [9.17, 15) is 9.59 Å². The molecule has 0 fully saturated rings. The summed E-state index contributed by atoms with van der Waals surface area (Å²) >= 11 is 7.75. The largest absolute Gasteiger partial charge is 0.355 e. The summed E-state index contributed by atoms with van der Waals surface area (Å²) in [6.45, 7) is 1.18. The van der Waals surface area contributed by atoms with E-state index in [1.165, 1.54) is 5.56 Å². The minimum absolute atomic E-state index is 0.0274. The Morgan fingerprint density at radius 2 is 1.87 bits per heavy atom. The average Bonchev–Trinajstić information content (AvgIpc) is 3.02. The number of amides is 2. The second kappa shape index (κ2) is 9.54. The van der Waals surface area contributed by atoms with Crippen LogP contribution in [0.4, 0.5) is 5.69 Å². The first-order valence-electron chi connectivity index (χ1n) is 10.1. The number of carbonyl (C=O) groups is 2. The predicted octanol–water partition coefficient (Wildman–Crippen LogP) is 5.28. The molecule has 0 aliphatic carbocycles. The lowest BCUT2D eigenvalue weighted by atomic mass is 10.1. The van der Waals surface area contributed by atoms with Gasteiger partial charge in [0.25, 0.3) is 5.91 Å². The fourth-order valence-corrected chi connectivity index (χ4v) is 4.79. The van der Waals surface area contributed by atoms with E-state index in [1.54, 1.807) is 16.7 Å². The van der Waals surface area contributed by atoms with Gasteiger partial charge in [-0.15, -0.1) is 0 Å². The molecule has 1 N–H and O–H groups in total. The van der Waals surface area contributed by atoms with Crippen LogP contribution in [0.5, 0.6) is 0 Å². The Morgan fingerprint density at radius 1 is 1.07 bits per heavy atom. The maximum Gasteiger partial charge on any atom is 0.258 e. The van der Waals surface area contributed by atoms with Crippen LogP contribution in [0.15, 0.2) is 60.7 Å². The summed E-state index contributed by atoms with van der Waals surface area (Å²) in [6.07, 6.45) is 1.05. The number of nitrogens with one attached hydrogen (secondary N) is 1. The third-order valence-electron chi connectivity index (χ3n) is 5.16. The first kappa shape index (κ1) is 20.8. The smallest absolute Gasteiger partial charge is 0.258 e. The molecule has 0 atom stereocenters. The molecule has 0 saturated carbocycles. The number of carbonyl (C=O) groups excluding carboxylic acids is 2. The van der Waals surface area contributed by atoms with Crippen LogP contribution in [-0.2, 0) is 10.5 Å². The first-order chi connectivity index (χ1) is 14.6. The van der Waals surface area contributed by atoms with Crippen molar-refractivity contribution in [1.29, 1.82) is 0 Å². The van der Waals surface area contributed by atoms with Gasteiger partial charge in [-0.2, -0.15) is 11.8 Å². The van der Waals surface area contributed by atoms with Crippen molar-refractivity contribution < 1.29 is 9.59 Å². The lowest BCUT2D eigenvalue weighted by Crippen LogP contribution is -2.30. The van der Waals surface area contributed by atoms with Gasteiger partial charge in [-0.3, -0.25) is 9.59 Å². The normalized spacial score (nSPS) is 12.6. The van der Waals surface area contributed by atoms with E-state index >= 15 is 0 Å². The molecule has 4 nitrogen and oxygen atoms in total. The molecule has 0 spiro atoms. The van der Waals surface area contributed by atoms with Gasteiger partial charge in [0, 0.05) is 47.0 Å². The SMILES string of the molecule is O=C(CCCN1C(=O)c2cccc3cccc1c23)NCCSCc1cccc(Cl)c1. The molecule has 1 aliphatic rings.